The van der Waals surface area contributed by atoms with E-state index >= 15 is 0 Å². The van der Waals surface area contributed by atoms with Crippen LogP contribution in [0, 0.1) is 6.92 Å². The summed E-state index contributed by atoms with van der Waals surface area (Å²) in [6, 6.07) is 3.25. The molecule has 0 amide bonds. The smallest absolute Gasteiger partial charge is 0.355 e. The number of hydrogen-bond donors (Lipinski definition) is 1. The summed E-state index contributed by atoms with van der Waals surface area (Å²) in [5, 5.41) is 0.535. The Hall–Kier alpha value is -2.81. The molecule has 0 saturated heterocycles. The molecule has 0 aliphatic heterocycles. The van der Waals surface area contributed by atoms with Gasteiger partial charge in [0.15, 0.2) is 0 Å². The summed E-state index contributed by atoms with van der Waals surface area (Å²) in [6.07, 6.45) is 3.39. The fourth-order valence-corrected chi connectivity index (χ4v) is 3.12. The van der Waals surface area contributed by atoms with Gasteiger partial charge in [0.25, 0.3) is 0 Å². The Morgan fingerprint density at radius 3 is 2.39 bits per heavy atom. The number of ether oxygens (including phenoxy) is 3. The number of nitrogens with one attached hydrogen (secondary N) is 1. The molecule has 1 N–H and O–H groups in total. The molecule has 0 unspecified atom stereocenters. The summed E-state index contributed by atoms with van der Waals surface area (Å²) in [4.78, 5) is 43.9. The van der Waals surface area contributed by atoms with E-state index in [9.17, 15) is 14.4 Å². The SMILES string of the molecule is CCOC(=O)c1[nH]c(COC(=O)c2cccnc2SC)c(C(=O)OCC)c1C. The number of carbonyl (C=O) groups excluding carboxylic acids is 3. The molecule has 0 bridgehead atoms. The first-order valence-electron chi connectivity index (χ1n) is 8.66. The van der Waals surface area contributed by atoms with Gasteiger partial charge < -0.3 is 19.2 Å². The Labute approximate surface area is 167 Å². The molecule has 2 aromatic heterocycles. The zero-order valence-corrected chi connectivity index (χ0v) is 17.0. The highest BCUT2D eigenvalue weighted by Crippen LogP contribution is 2.23. The number of rotatable bonds is 8. The number of thioether (sulfide) groups is 1. The fraction of sp³-hybridized carbons (Fsp3) is 0.368. The number of aromatic nitrogens is 2. The van der Waals surface area contributed by atoms with E-state index in [2.05, 4.69) is 9.97 Å². The Morgan fingerprint density at radius 2 is 1.75 bits per heavy atom. The second-order valence-corrected chi connectivity index (χ2v) is 6.35. The lowest BCUT2D eigenvalue weighted by molar-refractivity contribution is 0.0441. The summed E-state index contributed by atoms with van der Waals surface area (Å²) in [5.74, 6) is -1.79. The molecule has 2 heterocycles. The van der Waals surface area contributed by atoms with Gasteiger partial charge in [0.05, 0.1) is 30.0 Å². The van der Waals surface area contributed by atoms with Gasteiger partial charge in [-0.1, -0.05) is 0 Å². The van der Waals surface area contributed by atoms with Crippen LogP contribution in [0.4, 0.5) is 0 Å². The molecule has 0 aromatic carbocycles. The van der Waals surface area contributed by atoms with E-state index in [1.54, 1.807) is 45.4 Å². The van der Waals surface area contributed by atoms with E-state index in [1.165, 1.54) is 11.8 Å². The molecule has 0 aliphatic carbocycles. The molecule has 2 rings (SSSR count). The molecule has 0 spiro atoms. The fourth-order valence-electron chi connectivity index (χ4n) is 2.58. The third-order valence-corrected chi connectivity index (χ3v) is 4.53. The summed E-state index contributed by atoms with van der Waals surface area (Å²) in [5.41, 5.74) is 1.26. The highest BCUT2D eigenvalue weighted by atomic mass is 32.2. The Morgan fingerprint density at radius 1 is 1.07 bits per heavy atom. The third-order valence-electron chi connectivity index (χ3n) is 3.82. The van der Waals surface area contributed by atoms with Gasteiger partial charge >= 0.3 is 17.9 Å². The predicted octanol–water partition coefficient (Wildman–Crippen LogP) is 3.15. The molecule has 0 fully saturated rings. The molecule has 0 radical (unpaired) electrons. The minimum Gasteiger partial charge on any atom is -0.462 e. The summed E-state index contributed by atoms with van der Waals surface area (Å²) < 4.78 is 15.4. The molecule has 0 atom stereocenters. The van der Waals surface area contributed by atoms with Gasteiger partial charge in [-0.3, -0.25) is 0 Å². The first kappa shape index (κ1) is 21.5. The first-order valence-corrected chi connectivity index (χ1v) is 9.88. The van der Waals surface area contributed by atoms with Crippen LogP contribution in [0.2, 0.25) is 0 Å². The van der Waals surface area contributed by atoms with Crippen molar-refractivity contribution in [2.24, 2.45) is 0 Å². The quantitative estimate of drug-likeness (QED) is 0.405. The Kier molecular flexibility index (Phi) is 7.62. The van der Waals surface area contributed by atoms with Crippen LogP contribution in [0.15, 0.2) is 23.4 Å². The number of nitrogens with zero attached hydrogens (tertiary/aromatic N) is 1. The number of aromatic amines is 1. The van der Waals surface area contributed by atoms with Crippen LogP contribution in [-0.4, -0.2) is 47.3 Å². The topological polar surface area (TPSA) is 108 Å². The monoisotopic (exact) mass is 406 g/mol. The van der Waals surface area contributed by atoms with E-state index in [1.807, 2.05) is 0 Å². The lowest BCUT2D eigenvalue weighted by Gasteiger charge is -2.08. The van der Waals surface area contributed by atoms with Crippen LogP contribution < -0.4 is 0 Å². The number of hydrogen-bond acceptors (Lipinski definition) is 8. The standard InChI is InChI=1S/C19H22N2O6S/c1-5-25-18(23)14-11(3)15(19(24)26-6-2)21-13(14)10-27-17(22)12-8-7-9-20-16(12)28-4/h7-9,21H,5-6,10H2,1-4H3. The Bertz CT molecular complexity index is 877. The van der Waals surface area contributed by atoms with Crippen molar-refractivity contribution in [2.45, 2.75) is 32.4 Å². The highest BCUT2D eigenvalue weighted by Gasteiger charge is 2.26. The van der Waals surface area contributed by atoms with E-state index in [0.29, 0.717) is 16.2 Å². The predicted molar refractivity (Wildman–Crippen MR) is 103 cm³/mol. The molecule has 28 heavy (non-hydrogen) atoms. The molecular weight excluding hydrogens is 384 g/mol. The Balaban J connectivity index is 2.30. The van der Waals surface area contributed by atoms with E-state index < -0.39 is 17.9 Å². The lowest BCUT2D eigenvalue weighted by atomic mass is 10.1. The minimum atomic E-state index is -0.607. The van der Waals surface area contributed by atoms with Gasteiger partial charge in [-0.15, -0.1) is 11.8 Å². The molecule has 0 aliphatic rings. The maximum Gasteiger partial charge on any atom is 0.355 e. The maximum atomic E-state index is 12.4. The third kappa shape index (κ3) is 4.72. The van der Waals surface area contributed by atoms with Crippen molar-refractivity contribution in [1.82, 2.24) is 9.97 Å². The zero-order chi connectivity index (χ0) is 20.7. The number of pyridine rings is 1. The van der Waals surface area contributed by atoms with E-state index in [4.69, 9.17) is 14.2 Å². The van der Waals surface area contributed by atoms with Crippen LogP contribution in [0.3, 0.4) is 0 Å². The number of carbonyl (C=O) groups is 3. The first-order chi connectivity index (χ1) is 13.4. The normalized spacial score (nSPS) is 10.4. The largest absolute Gasteiger partial charge is 0.462 e. The van der Waals surface area contributed by atoms with Crippen LogP contribution >= 0.6 is 11.8 Å². The summed E-state index contributed by atoms with van der Waals surface area (Å²) in [6.45, 7) is 5.09. The second kappa shape index (κ2) is 9.93. The van der Waals surface area contributed by atoms with Crippen molar-refractivity contribution in [3.05, 3.63) is 46.4 Å². The van der Waals surface area contributed by atoms with Crippen LogP contribution in [0.1, 0.15) is 56.3 Å². The molecule has 2 aromatic rings. The van der Waals surface area contributed by atoms with Crippen molar-refractivity contribution in [2.75, 3.05) is 19.5 Å². The highest BCUT2D eigenvalue weighted by molar-refractivity contribution is 7.98. The van der Waals surface area contributed by atoms with Crippen LogP contribution in [0.25, 0.3) is 0 Å². The molecule has 9 heteroatoms. The van der Waals surface area contributed by atoms with E-state index in [-0.39, 0.29) is 36.8 Å². The van der Waals surface area contributed by atoms with Gasteiger partial charge in [0, 0.05) is 6.20 Å². The van der Waals surface area contributed by atoms with E-state index in [0.717, 1.165) is 0 Å². The van der Waals surface area contributed by atoms with Crippen molar-refractivity contribution in [3.8, 4) is 0 Å². The van der Waals surface area contributed by atoms with Crippen molar-refractivity contribution < 1.29 is 28.6 Å². The van der Waals surface area contributed by atoms with Crippen molar-refractivity contribution in [1.29, 1.82) is 0 Å². The van der Waals surface area contributed by atoms with Crippen LogP contribution in [-0.2, 0) is 20.8 Å². The average Bonchev–Trinajstić information content (AvgIpc) is 3.02. The van der Waals surface area contributed by atoms with Gasteiger partial charge in [0.1, 0.15) is 17.3 Å². The van der Waals surface area contributed by atoms with Gasteiger partial charge in [-0.05, 0) is 44.7 Å². The zero-order valence-electron chi connectivity index (χ0n) is 16.2. The molecule has 8 nitrogen and oxygen atoms in total. The van der Waals surface area contributed by atoms with Crippen LogP contribution in [0.5, 0.6) is 0 Å². The maximum absolute atomic E-state index is 12.4. The van der Waals surface area contributed by atoms with Gasteiger partial charge in [-0.25, -0.2) is 19.4 Å². The second-order valence-electron chi connectivity index (χ2n) is 5.56. The average molecular weight is 406 g/mol. The molecule has 0 saturated carbocycles. The molecular formula is C19H22N2O6S. The minimum absolute atomic E-state index is 0.127. The summed E-state index contributed by atoms with van der Waals surface area (Å²) >= 11 is 1.32. The van der Waals surface area contributed by atoms with Crippen molar-refractivity contribution >= 4 is 29.7 Å². The van der Waals surface area contributed by atoms with Crippen molar-refractivity contribution in [3.63, 3.8) is 0 Å². The molecule has 150 valence electrons. The number of esters is 3. The lowest BCUT2D eigenvalue weighted by Crippen LogP contribution is -2.12. The van der Waals surface area contributed by atoms with Gasteiger partial charge in [-0.2, -0.15) is 0 Å². The van der Waals surface area contributed by atoms with Gasteiger partial charge in [0.2, 0.25) is 0 Å². The summed E-state index contributed by atoms with van der Waals surface area (Å²) in [7, 11) is 0. The number of H-pyrrole nitrogens is 1.